The molecule has 0 saturated heterocycles. The maximum Gasteiger partial charge on any atom is 0.341 e. The zero-order valence-corrected chi connectivity index (χ0v) is 14.5. The van der Waals surface area contributed by atoms with Crippen molar-refractivity contribution in [2.45, 2.75) is 5.03 Å². The van der Waals surface area contributed by atoms with Crippen molar-refractivity contribution >= 4 is 29.5 Å². The van der Waals surface area contributed by atoms with Gasteiger partial charge in [0.25, 0.3) is 11.8 Å². The molecule has 0 aliphatic carbocycles. The van der Waals surface area contributed by atoms with Crippen LogP contribution in [-0.4, -0.2) is 42.7 Å². The molecule has 7 nitrogen and oxygen atoms in total. The highest BCUT2D eigenvalue weighted by Gasteiger charge is 2.16. The summed E-state index contributed by atoms with van der Waals surface area (Å²) in [6.45, 7) is -0.566. The van der Waals surface area contributed by atoms with E-state index in [0.717, 1.165) is 0 Å². The van der Waals surface area contributed by atoms with E-state index in [-0.39, 0.29) is 11.1 Å². The van der Waals surface area contributed by atoms with Crippen LogP contribution in [0.4, 0.5) is 0 Å². The zero-order valence-electron chi connectivity index (χ0n) is 13.6. The third-order valence-electron chi connectivity index (χ3n) is 3.12. The second-order valence-corrected chi connectivity index (χ2v) is 5.54. The van der Waals surface area contributed by atoms with Crippen molar-refractivity contribution in [3.8, 4) is 5.75 Å². The predicted molar refractivity (Wildman–Crippen MR) is 91.8 cm³/mol. The number of aromatic nitrogens is 1. The molecule has 25 heavy (non-hydrogen) atoms. The number of hydrogen-bond acceptors (Lipinski definition) is 7. The van der Waals surface area contributed by atoms with E-state index in [2.05, 4.69) is 10.3 Å². The minimum absolute atomic E-state index is 0.268. The van der Waals surface area contributed by atoms with E-state index in [4.69, 9.17) is 9.47 Å². The fraction of sp³-hybridized carbons (Fsp3) is 0.176. The van der Waals surface area contributed by atoms with Gasteiger partial charge in [0, 0.05) is 11.8 Å². The summed E-state index contributed by atoms with van der Waals surface area (Å²) in [4.78, 5) is 39.8. The van der Waals surface area contributed by atoms with Gasteiger partial charge >= 0.3 is 5.97 Å². The maximum absolute atomic E-state index is 12.0. The Morgan fingerprint density at radius 2 is 1.88 bits per heavy atom. The molecule has 1 aromatic carbocycles. The molecule has 0 unspecified atom stereocenters. The van der Waals surface area contributed by atoms with Crippen LogP contribution in [0.5, 0.6) is 5.75 Å². The van der Waals surface area contributed by atoms with Crippen molar-refractivity contribution in [1.29, 1.82) is 0 Å². The molecule has 8 heteroatoms. The Balaban J connectivity index is 1.89. The van der Waals surface area contributed by atoms with Gasteiger partial charge in [-0.25, -0.2) is 9.78 Å². The van der Waals surface area contributed by atoms with Crippen LogP contribution >= 0.6 is 11.8 Å². The van der Waals surface area contributed by atoms with Gasteiger partial charge in [0.1, 0.15) is 10.8 Å². The number of ether oxygens (including phenoxy) is 2. The van der Waals surface area contributed by atoms with Crippen molar-refractivity contribution < 1.29 is 23.9 Å². The van der Waals surface area contributed by atoms with Gasteiger partial charge in [-0.05, 0) is 42.7 Å². The van der Waals surface area contributed by atoms with Gasteiger partial charge in [-0.1, -0.05) is 0 Å². The number of rotatable bonds is 6. The van der Waals surface area contributed by atoms with Crippen molar-refractivity contribution in [2.24, 2.45) is 0 Å². The summed E-state index contributed by atoms with van der Waals surface area (Å²) in [7, 11) is 1.51. The first-order chi connectivity index (χ1) is 12.0. The standard InChI is InChI=1S/C17H16N2O5S/c1-23-12-7-5-11(6-8-12)15(21)19-14(20)10-24-17(22)13-4-3-9-18-16(13)25-2/h3-9H,10H2,1-2H3,(H,19,20,21). The number of carbonyl (C=O) groups excluding carboxylic acids is 3. The van der Waals surface area contributed by atoms with Crippen LogP contribution in [0.2, 0.25) is 0 Å². The highest BCUT2D eigenvalue weighted by molar-refractivity contribution is 7.98. The lowest BCUT2D eigenvalue weighted by Crippen LogP contribution is -2.34. The highest BCUT2D eigenvalue weighted by atomic mass is 32.2. The number of hydrogen-bond donors (Lipinski definition) is 1. The van der Waals surface area contributed by atoms with Crippen LogP contribution in [0.25, 0.3) is 0 Å². The fourth-order valence-corrected chi connectivity index (χ4v) is 2.43. The van der Waals surface area contributed by atoms with Crippen molar-refractivity contribution in [3.05, 3.63) is 53.7 Å². The largest absolute Gasteiger partial charge is 0.497 e. The summed E-state index contributed by atoms with van der Waals surface area (Å²) >= 11 is 1.29. The van der Waals surface area contributed by atoms with Gasteiger partial charge < -0.3 is 9.47 Å². The molecule has 0 fully saturated rings. The second-order valence-electron chi connectivity index (χ2n) is 4.74. The first-order valence-corrected chi connectivity index (χ1v) is 8.42. The van der Waals surface area contributed by atoms with Crippen LogP contribution in [0, 0.1) is 0 Å². The van der Waals surface area contributed by atoms with E-state index < -0.39 is 24.4 Å². The highest BCUT2D eigenvalue weighted by Crippen LogP contribution is 2.17. The molecule has 1 N–H and O–H groups in total. The average Bonchev–Trinajstić information content (AvgIpc) is 2.66. The van der Waals surface area contributed by atoms with Crippen molar-refractivity contribution in [2.75, 3.05) is 20.0 Å². The smallest absolute Gasteiger partial charge is 0.341 e. The van der Waals surface area contributed by atoms with Crippen LogP contribution in [-0.2, 0) is 9.53 Å². The van der Waals surface area contributed by atoms with E-state index in [9.17, 15) is 14.4 Å². The van der Waals surface area contributed by atoms with Gasteiger partial charge in [-0.2, -0.15) is 0 Å². The number of esters is 1. The Labute approximate surface area is 148 Å². The lowest BCUT2D eigenvalue weighted by atomic mass is 10.2. The molecule has 0 aliphatic rings. The molecule has 0 saturated carbocycles. The lowest BCUT2D eigenvalue weighted by molar-refractivity contribution is -0.123. The number of nitrogens with zero attached hydrogens (tertiary/aromatic N) is 1. The number of benzene rings is 1. The summed E-state index contributed by atoms with van der Waals surface area (Å²) in [5, 5.41) is 2.65. The van der Waals surface area contributed by atoms with Crippen LogP contribution in [0.1, 0.15) is 20.7 Å². The monoisotopic (exact) mass is 360 g/mol. The van der Waals surface area contributed by atoms with E-state index in [1.165, 1.54) is 31.0 Å². The molecule has 0 bridgehead atoms. The molecule has 2 amide bonds. The number of pyridine rings is 1. The van der Waals surface area contributed by atoms with Crippen LogP contribution in [0.3, 0.4) is 0 Å². The minimum Gasteiger partial charge on any atom is -0.497 e. The SMILES string of the molecule is COc1ccc(C(=O)NC(=O)COC(=O)c2cccnc2SC)cc1. The van der Waals surface area contributed by atoms with Gasteiger partial charge in [-0.3, -0.25) is 14.9 Å². The van der Waals surface area contributed by atoms with Gasteiger partial charge in [0.05, 0.1) is 12.7 Å². The molecule has 1 aromatic heterocycles. The summed E-state index contributed by atoms with van der Waals surface area (Å²) in [6, 6.07) is 9.41. The Morgan fingerprint density at radius 3 is 2.52 bits per heavy atom. The van der Waals surface area contributed by atoms with E-state index in [1.54, 1.807) is 36.7 Å². The number of carbonyl (C=O) groups is 3. The molecular weight excluding hydrogens is 344 g/mol. The zero-order chi connectivity index (χ0) is 18.2. The minimum atomic E-state index is -0.719. The third-order valence-corrected chi connectivity index (χ3v) is 3.84. The molecule has 0 aliphatic heterocycles. The predicted octanol–water partition coefficient (Wildman–Crippen LogP) is 1.93. The first kappa shape index (κ1) is 18.5. The Morgan fingerprint density at radius 1 is 1.16 bits per heavy atom. The molecule has 0 spiro atoms. The molecule has 0 radical (unpaired) electrons. The van der Waals surface area contributed by atoms with Crippen LogP contribution in [0.15, 0.2) is 47.6 Å². The lowest BCUT2D eigenvalue weighted by Gasteiger charge is -2.08. The quantitative estimate of drug-likeness (QED) is 0.621. The molecule has 0 atom stereocenters. The molecule has 2 aromatic rings. The summed E-state index contributed by atoms with van der Waals surface area (Å²) in [5.41, 5.74) is 0.557. The number of nitrogens with one attached hydrogen (secondary N) is 1. The number of thioether (sulfide) groups is 1. The van der Waals surface area contributed by atoms with Crippen molar-refractivity contribution in [3.63, 3.8) is 0 Å². The van der Waals surface area contributed by atoms with Crippen LogP contribution < -0.4 is 10.1 Å². The molecule has 130 valence electrons. The molecule has 2 rings (SSSR count). The normalized spacial score (nSPS) is 10.0. The topological polar surface area (TPSA) is 94.6 Å². The van der Waals surface area contributed by atoms with E-state index in [1.807, 2.05) is 0 Å². The second kappa shape index (κ2) is 8.84. The first-order valence-electron chi connectivity index (χ1n) is 7.19. The molecular formula is C17H16N2O5S. The van der Waals surface area contributed by atoms with Gasteiger partial charge in [0.15, 0.2) is 6.61 Å². The number of imide groups is 1. The van der Waals surface area contributed by atoms with E-state index in [0.29, 0.717) is 10.8 Å². The number of methoxy groups -OCH3 is 1. The van der Waals surface area contributed by atoms with Gasteiger partial charge in [0.2, 0.25) is 0 Å². The molecule has 1 heterocycles. The Kier molecular flexibility index (Phi) is 6.53. The maximum atomic E-state index is 12.0. The summed E-state index contributed by atoms with van der Waals surface area (Å²) in [5.74, 6) is -1.39. The fourth-order valence-electron chi connectivity index (χ4n) is 1.89. The van der Waals surface area contributed by atoms with Crippen molar-refractivity contribution in [1.82, 2.24) is 10.3 Å². The Bertz CT molecular complexity index is 777. The third kappa shape index (κ3) is 5.05. The summed E-state index contributed by atoms with van der Waals surface area (Å²) in [6.07, 6.45) is 3.34. The van der Waals surface area contributed by atoms with E-state index >= 15 is 0 Å². The Hall–Kier alpha value is -2.87. The average molecular weight is 360 g/mol. The summed E-state index contributed by atoms with van der Waals surface area (Å²) < 4.78 is 9.92. The van der Waals surface area contributed by atoms with Gasteiger partial charge in [-0.15, -0.1) is 11.8 Å². The number of amides is 2.